The molecule has 1 heterocycles. The Hall–Kier alpha value is -2.42. The van der Waals surface area contributed by atoms with Gasteiger partial charge in [-0.25, -0.2) is 14.4 Å². The highest BCUT2D eigenvalue weighted by atomic mass is 35.5. The predicted octanol–water partition coefficient (Wildman–Crippen LogP) is 4.95. The van der Waals surface area contributed by atoms with E-state index in [0.29, 0.717) is 6.54 Å². The SMILES string of the molecule is O=C(NCC1CCCC1)c1cnc(Nc2cccc(Cl)c2F)nc1C(F)(F)F. The van der Waals surface area contributed by atoms with Crippen LogP contribution in [0.1, 0.15) is 41.7 Å². The van der Waals surface area contributed by atoms with Crippen LogP contribution in [-0.4, -0.2) is 22.4 Å². The predicted molar refractivity (Wildman–Crippen MR) is 96.0 cm³/mol. The Balaban J connectivity index is 1.83. The molecule has 5 nitrogen and oxygen atoms in total. The van der Waals surface area contributed by atoms with Crippen molar-refractivity contribution in [3.63, 3.8) is 0 Å². The highest BCUT2D eigenvalue weighted by Crippen LogP contribution is 2.32. The van der Waals surface area contributed by atoms with Gasteiger partial charge in [-0.3, -0.25) is 4.79 Å². The summed E-state index contributed by atoms with van der Waals surface area (Å²) in [7, 11) is 0. The summed E-state index contributed by atoms with van der Waals surface area (Å²) in [4.78, 5) is 19.4. The van der Waals surface area contributed by atoms with Gasteiger partial charge in [0.15, 0.2) is 11.5 Å². The number of hydrogen-bond acceptors (Lipinski definition) is 4. The molecule has 0 atom stereocenters. The molecule has 0 bridgehead atoms. The summed E-state index contributed by atoms with van der Waals surface area (Å²) in [5, 5.41) is 4.67. The standard InChI is InChI=1S/C18H17ClF4N4O/c19-12-6-3-7-13(14(12)20)26-17-25-9-11(15(27-17)18(21,22)23)16(28)24-8-10-4-1-2-5-10/h3,6-7,9-10H,1-2,4-5,8H2,(H,24,28)(H,25,26,27). The third-order valence-corrected chi connectivity index (χ3v) is 4.82. The Morgan fingerprint density at radius 2 is 1.96 bits per heavy atom. The van der Waals surface area contributed by atoms with Gasteiger partial charge in [0.25, 0.3) is 5.91 Å². The lowest BCUT2D eigenvalue weighted by molar-refractivity contribution is -0.141. The summed E-state index contributed by atoms with van der Waals surface area (Å²) < 4.78 is 54.2. The second-order valence-electron chi connectivity index (χ2n) is 6.54. The molecule has 2 N–H and O–H groups in total. The van der Waals surface area contributed by atoms with E-state index >= 15 is 0 Å². The van der Waals surface area contributed by atoms with Gasteiger partial charge in [-0.05, 0) is 30.9 Å². The van der Waals surface area contributed by atoms with Gasteiger partial charge in [0, 0.05) is 12.7 Å². The van der Waals surface area contributed by atoms with Crippen molar-refractivity contribution in [3.8, 4) is 0 Å². The molecule has 1 saturated carbocycles. The molecule has 1 fully saturated rings. The summed E-state index contributed by atoms with van der Waals surface area (Å²) >= 11 is 5.65. The first-order chi connectivity index (χ1) is 13.3. The van der Waals surface area contributed by atoms with E-state index in [0.717, 1.165) is 31.9 Å². The molecule has 0 saturated heterocycles. The summed E-state index contributed by atoms with van der Waals surface area (Å²) in [6.07, 6.45) is -0.111. The Bertz CT molecular complexity index is 869. The summed E-state index contributed by atoms with van der Waals surface area (Å²) in [5.74, 6) is -1.97. The first-order valence-corrected chi connectivity index (χ1v) is 9.07. The average molecular weight is 417 g/mol. The fraction of sp³-hybridized carbons (Fsp3) is 0.389. The molecule has 0 radical (unpaired) electrons. The van der Waals surface area contributed by atoms with Crippen molar-refractivity contribution < 1.29 is 22.4 Å². The summed E-state index contributed by atoms with van der Waals surface area (Å²) in [5.41, 5.74) is -2.25. The monoisotopic (exact) mass is 416 g/mol. The molecule has 150 valence electrons. The third kappa shape index (κ3) is 4.70. The van der Waals surface area contributed by atoms with E-state index < -0.39 is 35.1 Å². The largest absolute Gasteiger partial charge is 0.434 e. The van der Waals surface area contributed by atoms with Crippen LogP contribution in [0.15, 0.2) is 24.4 Å². The first kappa shape index (κ1) is 20.3. The van der Waals surface area contributed by atoms with E-state index in [1.165, 1.54) is 18.2 Å². The molecule has 1 aromatic heterocycles. The maximum absolute atomic E-state index is 13.9. The van der Waals surface area contributed by atoms with Crippen LogP contribution in [0.3, 0.4) is 0 Å². The van der Waals surface area contributed by atoms with E-state index in [4.69, 9.17) is 11.6 Å². The normalized spacial score (nSPS) is 14.9. The molecule has 28 heavy (non-hydrogen) atoms. The first-order valence-electron chi connectivity index (χ1n) is 8.69. The molecule has 1 amide bonds. The number of amides is 1. The second kappa shape index (κ2) is 8.30. The zero-order valence-electron chi connectivity index (χ0n) is 14.6. The Morgan fingerprint density at radius 3 is 2.64 bits per heavy atom. The van der Waals surface area contributed by atoms with Crippen LogP contribution in [0.25, 0.3) is 0 Å². The molecule has 0 unspecified atom stereocenters. The van der Waals surface area contributed by atoms with Gasteiger partial charge in [0.05, 0.1) is 16.3 Å². The minimum atomic E-state index is -4.88. The highest BCUT2D eigenvalue weighted by Gasteiger charge is 2.38. The van der Waals surface area contributed by atoms with Crippen molar-refractivity contribution in [1.82, 2.24) is 15.3 Å². The van der Waals surface area contributed by atoms with Gasteiger partial charge >= 0.3 is 6.18 Å². The Kier molecular flexibility index (Phi) is 6.02. The minimum Gasteiger partial charge on any atom is -0.352 e. The molecule has 3 rings (SSSR count). The van der Waals surface area contributed by atoms with E-state index in [9.17, 15) is 22.4 Å². The molecule has 1 aliphatic rings. The number of carbonyl (C=O) groups excluding carboxylic acids is 1. The number of benzene rings is 1. The van der Waals surface area contributed by atoms with E-state index in [-0.39, 0.29) is 16.6 Å². The summed E-state index contributed by atoms with van der Waals surface area (Å²) in [6, 6.07) is 3.99. The van der Waals surface area contributed by atoms with Gasteiger partial charge in [-0.2, -0.15) is 13.2 Å². The lowest BCUT2D eigenvalue weighted by atomic mass is 10.1. The van der Waals surface area contributed by atoms with Crippen LogP contribution < -0.4 is 10.6 Å². The van der Waals surface area contributed by atoms with Crippen molar-refractivity contribution in [2.24, 2.45) is 5.92 Å². The number of anilines is 2. The van der Waals surface area contributed by atoms with Crippen molar-refractivity contribution in [2.75, 3.05) is 11.9 Å². The number of halogens is 5. The van der Waals surface area contributed by atoms with Crippen molar-refractivity contribution in [3.05, 3.63) is 46.5 Å². The Labute approximate surface area is 163 Å². The van der Waals surface area contributed by atoms with Crippen LogP contribution in [-0.2, 0) is 6.18 Å². The molecular weight excluding hydrogens is 400 g/mol. The number of carbonyl (C=O) groups is 1. The fourth-order valence-corrected chi connectivity index (χ4v) is 3.27. The summed E-state index contributed by atoms with van der Waals surface area (Å²) in [6.45, 7) is 0.309. The molecule has 0 aliphatic heterocycles. The van der Waals surface area contributed by atoms with Crippen molar-refractivity contribution in [1.29, 1.82) is 0 Å². The third-order valence-electron chi connectivity index (χ3n) is 4.53. The molecule has 1 aliphatic carbocycles. The quantitative estimate of drug-likeness (QED) is 0.677. The molecule has 1 aromatic carbocycles. The maximum Gasteiger partial charge on any atom is 0.434 e. The smallest absolute Gasteiger partial charge is 0.352 e. The molecular formula is C18H17ClF4N4O. The number of hydrogen-bond donors (Lipinski definition) is 2. The van der Waals surface area contributed by atoms with Crippen LogP contribution in [0.5, 0.6) is 0 Å². The number of rotatable bonds is 5. The Morgan fingerprint density at radius 1 is 1.25 bits per heavy atom. The van der Waals surface area contributed by atoms with Crippen LogP contribution >= 0.6 is 11.6 Å². The minimum absolute atomic E-state index is 0.181. The highest BCUT2D eigenvalue weighted by molar-refractivity contribution is 6.31. The van der Waals surface area contributed by atoms with Crippen molar-refractivity contribution in [2.45, 2.75) is 31.9 Å². The number of alkyl halides is 3. The van der Waals surface area contributed by atoms with E-state index in [1.54, 1.807) is 0 Å². The lowest BCUT2D eigenvalue weighted by Gasteiger charge is -2.15. The number of nitrogens with one attached hydrogen (secondary N) is 2. The van der Waals surface area contributed by atoms with E-state index in [2.05, 4.69) is 20.6 Å². The van der Waals surface area contributed by atoms with Gasteiger partial charge < -0.3 is 10.6 Å². The number of nitrogens with zero attached hydrogens (tertiary/aromatic N) is 2. The molecule has 10 heteroatoms. The second-order valence-corrected chi connectivity index (χ2v) is 6.95. The zero-order chi connectivity index (χ0) is 20.3. The van der Waals surface area contributed by atoms with Gasteiger partial charge in [-0.15, -0.1) is 0 Å². The van der Waals surface area contributed by atoms with Gasteiger partial charge in [0.1, 0.15) is 0 Å². The maximum atomic E-state index is 13.9. The van der Waals surface area contributed by atoms with Gasteiger partial charge in [-0.1, -0.05) is 30.5 Å². The van der Waals surface area contributed by atoms with Crippen LogP contribution in [0.4, 0.5) is 29.2 Å². The topological polar surface area (TPSA) is 66.9 Å². The molecule has 0 spiro atoms. The fourth-order valence-electron chi connectivity index (χ4n) is 3.09. The van der Waals surface area contributed by atoms with Crippen molar-refractivity contribution >= 4 is 29.1 Å². The van der Waals surface area contributed by atoms with Gasteiger partial charge in [0.2, 0.25) is 5.95 Å². The average Bonchev–Trinajstić information content (AvgIpc) is 3.16. The lowest BCUT2D eigenvalue weighted by Crippen LogP contribution is -2.31. The van der Waals surface area contributed by atoms with E-state index in [1.807, 2.05) is 0 Å². The van der Waals surface area contributed by atoms with Crippen LogP contribution in [0.2, 0.25) is 5.02 Å². The van der Waals surface area contributed by atoms with Crippen LogP contribution in [0, 0.1) is 11.7 Å². The zero-order valence-corrected chi connectivity index (χ0v) is 15.4. The molecule has 2 aromatic rings. The number of aromatic nitrogens is 2.